The average Bonchev–Trinajstić information content (AvgIpc) is 3.30. The van der Waals surface area contributed by atoms with Crippen molar-refractivity contribution in [1.82, 2.24) is 4.90 Å². The number of hydrogen-bond donors (Lipinski definition) is 3. The molecular weight excluding hydrogens is 849 g/mol. The zero-order chi connectivity index (χ0) is 48.7. The number of carbonyl (C=O) groups is 4. The molecule has 2 saturated heterocycles. The van der Waals surface area contributed by atoms with E-state index in [1.54, 1.807) is 48.0 Å². The molecule has 16 heteroatoms. The third-order valence-corrected chi connectivity index (χ3v) is 14.6. The lowest BCUT2D eigenvalue weighted by molar-refractivity contribution is -0.317. The maximum Gasteiger partial charge on any atom is 0.329 e. The first-order valence-corrected chi connectivity index (χ1v) is 24.0. The Morgan fingerprint density at radius 2 is 1.67 bits per heavy atom. The minimum atomic E-state index is -2.24. The van der Waals surface area contributed by atoms with Crippen LogP contribution in [0.1, 0.15) is 125 Å². The number of ether oxygens (including phenoxy) is 5. The molecule has 66 heavy (non-hydrogen) atoms. The molecule has 0 aromatic carbocycles. The number of nitrogens with zero attached hydrogens (tertiary/aromatic N) is 4. The number of allylic oxidation sites excluding steroid dienone is 6. The van der Waals surface area contributed by atoms with E-state index in [9.17, 15) is 34.5 Å². The zero-order valence-corrected chi connectivity index (χ0v) is 40.8. The standard InChI is InChI=1S/C50H78N4O12/c1-30-17-13-11-10-12-14-18-31(2)44(56)46(64-9)45(57)34(5)25-32(3)40(55)29-42(33(4)26-36-21-23-38(52-53-51)43(27-36)63-8)65-49(60)39-19-15-16-24-54(39)48(59)47(58)50(61)35(6)20-22-37(66-50)28-41(30)62-7/h10-13,17,25,31-33,35-39,41-43,45-47,57-58,61H,14-16,18-24,26-29H2,1-9H3/b12-10+,13-11+,30-17+,34-25+/t31-,32-,33-,35-,36+,37+,38?,39+,41+,42+,43-,45-,46+,47?,50-/m1/s1. The van der Waals surface area contributed by atoms with Crippen LogP contribution in [-0.4, -0.2) is 132 Å². The maximum absolute atomic E-state index is 14.4. The Kier molecular flexibility index (Phi) is 21.7. The summed E-state index contributed by atoms with van der Waals surface area (Å²) in [6, 6.07) is -1.39. The number of carbonyl (C=O) groups excluding carboxylic acids is 4. The van der Waals surface area contributed by atoms with Crippen molar-refractivity contribution in [1.29, 1.82) is 0 Å². The predicted molar refractivity (Wildman–Crippen MR) is 249 cm³/mol. The minimum Gasteiger partial charge on any atom is -0.460 e. The highest BCUT2D eigenvalue weighted by molar-refractivity contribution is 5.89. The van der Waals surface area contributed by atoms with Crippen molar-refractivity contribution < 1.29 is 58.2 Å². The average molecular weight is 927 g/mol. The van der Waals surface area contributed by atoms with Gasteiger partial charge in [-0.25, -0.2) is 4.79 Å². The van der Waals surface area contributed by atoms with Gasteiger partial charge in [0, 0.05) is 63.4 Å². The fraction of sp³-hybridized carbons (Fsp3) is 0.760. The molecule has 3 N–H and O–H groups in total. The van der Waals surface area contributed by atoms with Gasteiger partial charge in [-0.15, -0.1) is 0 Å². The Morgan fingerprint density at radius 1 is 0.924 bits per heavy atom. The summed E-state index contributed by atoms with van der Waals surface area (Å²) in [6.07, 6.45) is 10.8. The number of amides is 1. The molecule has 16 nitrogen and oxygen atoms in total. The van der Waals surface area contributed by atoms with Gasteiger partial charge < -0.3 is 43.9 Å². The van der Waals surface area contributed by atoms with E-state index in [0.29, 0.717) is 69.8 Å². The number of methoxy groups -OCH3 is 3. The molecule has 1 amide bonds. The van der Waals surface area contributed by atoms with Crippen molar-refractivity contribution in [3.05, 3.63) is 58.0 Å². The first-order valence-electron chi connectivity index (χ1n) is 24.0. The van der Waals surface area contributed by atoms with Crippen molar-refractivity contribution in [3.63, 3.8) is 0 Å². The Bertz CT molecular complexity index is 1810. The summed E-state index contributed by atoms with van der Waals surface area (Å²) in [5.74, 6) is -6.32. The summed E-state index contributed by atoms with van der Waals surface area (Å²) in [5, 5.41) is 39.1. The van der Waals surface area contributed by atoms with Gasteiger partial charge in [0.15, 0.2) is 11.9 Å². The van der Waals surface area contributed by atoms with Crippen molar-refractivity contribution >= 4 is 23.4 Å². The highest BCUT2D eigenvalue weighted by Crippen LogP contribution is 2.39. The quantitative estimate of drug-likeness (QED) is 0.0768. The van der Waals surface area contributed by atoms with Gasteiger partial charge in [-0.05, 0) is 113 Å². The summed E-state index contributed by atoms with van der Waals surface area (Å²) in [4.78, 5) is 60.8. The minimum absolute atomic E-state index is 0.107. The number of rotatable bonds is 7. The van der Waals surface area contributed by atoms with Crippen LogP contribution in [0.4, 0.5) is 0 Å². The number of cyclic esters (lactones) is 1. The van der Waals surface area contributed by atoms with E-state index >= 15 is 0 Å². The molecule has 370 valence electrons. The third kappa shape index (κ3) is 14.4. The molecule has 0 aromatic heterocycles. The molecule has 4 rings (SSSR count). The summed E-state index contributed by atoms with van der Waals surface area (Å²) in [7, 11) is 4.55. The summed E-state index contributed by atoms with van der Waals surface area (Å²) < 4.78 is 29.6. The number of azide groups is 1. The van der Waals surface area contributed by atoms with Crippen LogP contribution in [0.2, 0.25) is 0 Å². The first kappa shape index (κ1) is 54.9. The smallest absolute Gasteiger partial charge is 0.329 e. The molecule has 3 heterocycles. The largest absolute Gasteiger partial charge is 0.460 e. The van der Waals surface area contributed by atoms with Crippen LogP contribution in [0.3, 0.4) is 0 Å². The lowest BCUT2D eigenvalue weighted by Crippen LogP contribution is -2.63. The fourth-order valence-electron chi connectivity index (χ4n) is 10.1. The molecule has 1 aliphatic carbocycles. The predicted octanol–water partition coefficient (Wildman–Crippen LogP) is 7.04. The number of aliphatic hydroxyl groups excluding tert-OH is 2. The molecule has 0 spiro atoms. The van der Waals surface area contributed by atoms with Gasteiger partial charge in [0.25, 0.3) is 5.91 Å². The van der Waals surface area contributed by atoms with Gasteiger partial charge in [-0.2, -0.15) is 0 Å². The maximum atomic E-state index is 14.4. The van der Waals surface area contributed by atoms with E-state index in [1.807, 2.05) is 44.2 Å². The molecule has 3 aliphatic heterocycles. The summed E-state index contributed by atoms with van der Waals surface area (Å²) in [6.45, 7) is 10.9. The molecule has 0 radical (unpaired) electrons. The van der Waals surface area contributed by atoms with Crippen LogP contribution < -0.4 is 0 Å². The van der Waals surface area contributed by atoms with Gasteiger partial charge in [0.2, 0.25) is 5.79 Å². The Labute approximate surface area is 391 Å². The second kappa shape index (κ2) is 26.1. The lowest BCUT2D eigenvalue weighted by atomic mass is 9.78. The van der Waals surface area contributed by atoms with Crippen molar-refractivity contribution in [2.24, 2.45) is 34.7 Å². The third-order valence-electron chi connectivity index (χ3n) is 14.6. The van der Waals surface area contributed by atoms with Crippen molar-refractivity contribution in [3.8, 4) is 0 Å². The second-order valence-corrected chi connectivity index (χ2v) is 19.4. The lowest BCUT2D eigenvalue weighted by Gasteiger charge is -2.46. The number of aliphatic hydroxyl groups is 3. The van der Waals surface area contributed by atoms with Gasteiger partial charge in [0.05, 0.1) is 24.4 Å². The topological polar surface area (TPSA) is 227 Å². The Balaban J connectivity index is 1.69. The van der Waals surface area contributed by atoms with E-state index in [2.05, 4.69) is 10.0 Å². The van der Waals surface area contributed by atoms with Crippen LogP contribution in [0.15, 0.2) is 52.7 Å². The molecular formula is C50H78N4O12. The number of hydrogen-bond acceptors (Lipinski definition) is 13. The van der Waals surface area contributed by atoms with E-state index < -0.39 is 72.0 Å². The molecule has 2 unspecified atom stereocenters. The van der Waals surface area contributed by atoms with E-state index in [-0.39, 0.29) is 61.0 Å². The zero-order valence-electron chi connectivity index (χ0n) is 40.8. The highest BCUT2D eigenvalue weighted by Gasteiger charge is 2.53. The normalized spacial score (nSPS) is 39.8. The summed E-state index contributed by atoms with van der Waals surface area (Å²) >= 11 is 0. The monoisotopic (exact) mass is 927 g/mol. The van der Waals surface area contributed by atoms with E-state index in [0.717, 1.165) is 12.0 Å². The molecule has 1 saturated carbocycles. The molecule has 4 aliphatic rings. The summed E-state index contributed by atoms with van der Waals surface area (Å²) in [5.41, 5.74) is 10.4. The first-order chi connectivity index (χ1) is 31.4. The SMILES string of the molecule is CO[C@H]1C[C@@H]2CC[C@@H](C)[C@@](O)(O2)C(O)C(=O)N2CCCC[C@H]2C(=O)O[C@H]([C@H](C)C[C@@H]2CCC(N=[N+]=[N-])[C@H](OC)C2)CC(=O)[C@H](C)/C=C(\C)[C@@H](O)[C@@H](OC)C(=O)[C@H](C)CC/C=C/C=C/C=C/1C. The fourth-order valence-corrected chi connectivity index (χ4v) is 10.1. The van der Waals surface area contributed by atoms with Gasteiger partial charge in [0.1, 0.15) is 30.1 Å². The number of Topliss-reactive ketones (excluding diaryl/α,β-unsaturated/α-hetero) is 2. The van der Waals surface area contributed by atoms with E-state index in [4.69, 9.17) is 29.2 Å². The van der Waals surface area contributed by atoms with Gasteiger partial charge in [-0.1, -0.05) is 69.3 Å². The molecule has 2 bridgehead atoms. The van der Waals surface area contributed by atoms with Crippen LogP contribution in [0.5, 0.6) is 0 Å². The number of ketones is 2. The molecule has 15 atom stereocenters. The van der Waals surface area contributed by atoms with Crippen LogP contribution >= 0.6 is 0 Å². The molecule has 3 fully saturated rings. The van der Waals surface area contributed by atoms with Crippen LogP contribution in [-0.2, 0) is 42.9 Å². The number of esters is 1. The Hall–Kier alpha value is -3.73. The van der Waals surface area contributed by atoms with Crippen LogP contribution in [0.25, 0.3) is 10.4 Å². The number of piperidine rings is 1. The second-order valence-electron chi connectivity index (χ2n) is 19.4. The van der Waals surface area contributed by atoms with Gasteiger partial charge in [-0.3, -0.25) is 14.4 Å². The van der Waals surface area contributed by atoms with Crippen LogP contribution in [0, 0.1) is 29.6 Å². The van der Waals surface area contributed by atoms with E-state index in [1.165, 1.54) is 12.0 Å². The highest BCUT2D eigenvalue weighted by atomic mass is 16.6. The Morgan fingerprint density at radius 3 is 2.35 bits per heavy atom. The molecule has 0 aromatic rings. The number of fused-ring (bicyclic) bond motifs is 3. The van der Waals surface area contributed by atoms with Crippen molar-refractivity contribution in [2.75, 3.05) is 27.9 Å². The van der Waals surface area contributed by atoms with Gasteiger partial charge >= 0.3 is 5.97 Å². The van der Waals surface area contributed by atoms with Crippen molar-refractivity contribution in [2.45, 2.75) is 186 Å².